The van der Waals surface area contributed by atoms with Crippen LogP contribution in [0.15, 0.2) is 30.6 Å². The monoisotopic (exact) mass is 675 g/mol. The smallest absolute Gasteiger partial charge is 0.247 e. The zero-order valence-corrected chi connectivity index (χ0v) is 27.9. The average Bonchev–Trinajstić information content (AvgIpc) is 3.53. The third kappa shape index (κ3) is 8.24. The van der Waals surface area contributed by atoms with Gasteiger partial charge in [-0.05, 0) is 50.4 Å². The molecule has 1 saturated heterocycles. The topological polar surface area (TPSA) is 147 Å². The van der Waals surface area contributed by atoms with Gasteiger partial charge in [0.25, 0.3) is 0 Å². The summed E-state index contributed by atoms with van der Waals surface area (Å²) in [7, 11) is 3.18. The summed E-state index contributed by atoms with van der Waals surface area (Å²) in [5, 5.41) is 11.2. The fourth-order valence-electron chi connectivity index (χ4n) is 5.12. The molecule has 4 N–H and O–H groups in total. The van der Waals surface area contributed by atoms with Crippen molar-refractivity contribution in [3.8, 4) is 5.75 Å². The molecule has 0 bridgehead atoms. The highest BCUT2D eigenvalue weighted by atomic mass is 35.5. The molecule has 0 saturated carbocycles. The molecule has 1 aliphatic rings. The van der Waals surface area contributed by atoms with Crippen molar-refractivity contribution in [1.82, 2.24) is 25.5 Å². The minimum absolute atomic E-state index is 0.118. The molecule has 3 atom stereocenters. The summed E-state index contributed by atoms with van der Waals surface area (Å²) in [5.41, 5.74) is -0.106. The van der Waals surface area contributed by atoms with E-state index >= 15 is 0 Å². The van der Waals surface area contributed by atoms with Crippen LogP contribution in [0.2, 0.25) is 5.02 Å². The Balaban J connectivity index is 1.66. The first kappa shape index (κ1) is 35.7. The maximum atomic E-state index is 14.7. The Morgan fingerprint density at radius 2 is 1.87 bits per heavy atom. The molecule has 3 amide bonds. The Hall–Kier alpha value is -4.14. The highest BCUT2D eigenvalue weighted by Gasteiger charge is 2.42. The van der Waals surface area contributed by atoms with Gasteiger partial charge in [0.05, 0.1) is 29.5 Å². The Morgan fingerprint density at radius 3 is 2.55 bits per heavy atom. The molecule has 3 aromatic rings. The Kier molecular flexibility index (Phi) is 11.5. The molecular weight excluding hydrogens is 636 g/mol. The van der Waals surface area contributed by atoms with Crippen LogP contribution in [0, 0.1) is 17.0 Å². The molecule has 254 valence electrons. The van der Waals surface area contributed by atoms with Gasteiger partial charge in [-0.25, -0.2) is 18.7 Å². The van der Waals surface area contributed by atoms with Gasteiger partial charge in [-0.2, -0.15) is 0 Å². The first-order chi connectivity index (χ1) is 22.3. The summed E-state index contributed by atoms with van der Waals surface area (Å²) in [6.45, 7) is 8.01. The quantitative estimate of drug-likeness (QED) is 0.162. The van der Waals surface area contributed by atoms with E-state index in [-0.39, 0.29) is 48.0 Å². The van der Waals surface area contributed by atoms with Crippen molar-refractivity contribution < 1.29 is 32.6 Å². The highest BCUT2D eigenvalue weighted by Crippen LogP contribution is 2.36. The number of aromatic nitrogens is 2. The minimum atomic E-state index is -0.998. The van der Waals surface area contributed by atoms with Crippen LogP contribution in [0.25, 0.3) is 10.9 Å². The van der Waals surface area contributed by atoms with Gasteiger partial charge in [0.1, 0.15) is 47.4 Å². The molecule has 1 fully saturated rings. The van der Waals surface area contributed by atoms with Gasteiger partial charge in [-0.1, -0.05) is 32.4 Å². The first-order valence-electron chi connectivity index (χ1n) is 15.2. The third-order valence-corrected chi connectivity index (χ3v) is 8.24. The number of methoxy groups -OCH3 is 1. The molecule has 0 radical (unpaired) electrons. The van der Waals surface area contributed by atoms with Crippen molar-refractivity contribution in [2.45, 2.75) is 58.7 Å². The number of hydrogen-bond acceptors (Lipinski definition) is 9. The molecular formula is C32H40ClF2N7O5. The Labute approximate surface area is 276 Å². The maximum Gasteiger partial charge on any atom is 0.247 e. The summed E-state index contributed by atoms with van der Waals surface area (Å²) in [6, 6.07) is 3.15. The van der Waals surface area contributed by atoms with Crippen LogP contribution in [-0.4, -0.2) is 84.6 Å². The molecule has 1 aromatic heterocycles. The number of hydrogen-bond donors (Lipinski definition) is 4. The van der Waals surface area contributed by atoms with E-state index in [1.165, 1.54) is 24.4 Å². The van der Waals surface area contributed by atoms with Crippen molar-refractivity contribution in [3.05, 3.63) is 47.2 Å². The molecule has 4 rings (SSSR count). The predicted octanol–water partition coefficient (Wildman–Crippen LogP) is 4.40. The Morgan fingerprint density at radius 1 is 1.13 bits per heavy atom. The number of ether oxygens (including phenoxy) is 2. The lowest BCUT2D eigenvalue weighted by molar-refractivity contribution is -0.143. The second-order valence-corrected chi connectivity index (χ2v) is 12.7. The van der Waals surface area contributed by atoms with Crippen LogP contribution in [0.3, 0.4) is 0 Å². The number of benzene rings is 2. The first-order valence-corrected chi connectivity index (χ1v) is 15.5. The van der Waals surface area contributed by atoms with Gasteiger partial charge in [-0.3, -0.25) is 14.4 Å². The number of anilines is 3. The van der Waals surface area contributed by atoms with Crippen LogP contribution < -0.4 is 26.0 Å². The number of amides is 3. The fraction of sp³-hybridized carbons (Fsp3) is 0.469. The molecule has 15 heteroatoms. The summed E-state index contributed by atoms with van der Waals surface area (Å²) in [4.78, 5) is 50.5. The second kappa shape index (κ2) is 15.2. The van der Waals surface area contributed by atoms with Crippen molar-refractivity contribution in [2.24, 2.45) is 5.41 Å². The van der Waals surface area contributed by atoms with Gasteiger partial charge in [0.2, 0.25) is 17.7 Å². The lowest BCUT2D eigenvalue weighted by Gasteiger charge is -2.36. The van der Waals surface area contributed by atoms with E-state index in [0.717, 1.165) is 6.07 Å². The molecule has 0 aliphatic carbocycles. The van der Waals surface area contributed by atoms with Crippen molar-refractivity contribution in [1.29, 1.82) is 0 Å². The minimum Gasteiger partial charge on any atom is -0.489 e. The van der Waals surface area contributed by atoms with Crippen LogP contribution in [0.1, 0.15) is 40.5 Å². The van der Waals surface area contributed by atoms with E-state index in [2.05, 4.69) is 31.2 Å². The molecule has 2 aromatic carbocycles. The van der Waals surface area contributed by atoms with Gasteiger partial charge in [0.15, 0.2) is 5.82 Å². The number of likely N-dealkylation sites (N-methyl/N-ethyl adjacent to an activating group) is 1. The van der Waals surface area contributed by atoms with Gasteiger partial charge < -0.3 is 35.6 Å². The molecule has 47 heavy (non-hydrogen) atoms. The lowest BCUT2D eigenvalue weighted by atomic mass is 9.85. The van der Waals surface area contributed by atoms with E-state index in [0.29, 0.717) is 30.3 Å². The normalized spacial score (nSPS) is 16.1. The third-order valence-electron chi connectivity index (χ3n) is 7.89. The molecule has 1 unspecified atom stereocenters. The van der Waals surface area contributed by atoms with Crippen molar-refractivity contribution in [3.63, 3.8) is 0 Å². The number of fused-ring (bicyclic) bond motifs is 1. The fourth-order valence-corrected chi connectivity index (χ4v) is 5.28. The zero-order chi connectivity index (χ0) is 34.5. The van der Waals surface area contributed by atoms with Crippen LogP contribution in [-0.2, 0) is 19.1 Å². The van der Waals surface area contributed by atoms with E-state index in [4.69, 9.17) is 21.1 Å². The number of likely N-dealkylation sites (tertiary alicyclic amines) is 1. The highest BCUT2D eigenvalue weighted by molar-refractivity contribution is 6.31. The van der Waals surface area contributed by atoms with E-state index in [1.54, 1.807) is 26.1 Å². The van der Waals surface area contributed by atoms with Gasteiger partial charge in [-0.15, -0.1) is 0 Å². The summed E-state index contributed by atoms with van der Waals surface area (Å²) in [6.07, 6.45) is 2.25. The molecule has 0 spiro atoms. The van der Waals surface area contributed by atoms with Gasteiger partial charge in [0, 0.05) is 25.1 Å². The number of carbonyl (C=O) groups excluding carboxylic acids is 3. The van der Waals surface area contributed by atoms with Gasteiger partial charge >= 0.3 is 0 Å². The largest absolute Gasteiger partial charge is 0.489 e. The SMILES string of the molecule is CN[C@@H](C)C(=O)N[C@H](C(=O)N1CCCC1C(=O)Nc1cc2c(Nc3ccc(F)c(Cl)c3F)ncnc2cc1OCCOC)C(C)(C)C. The van der Waals surface area contributed by atoms with Crippen LogP contribution in [0.4, 0.5) is 26.0 Å². The van der Waals surface area contributed by atoms with E-state index < -0.39 is 46.1 Å². The molecule has 12 nitrogen and oxygen atoms in total. The average molecular weight is 676 g/mol. The zero-order valence-electron chi connectivity index (χ0n) is 27.2. The van der Waals surface area contributed by atoms with Crippen LogP contribution in [0.5, 0.6) is 5.75 Å². The standard InChI is InChI=1S/C32H40ClF2N7O5/c1-17(36-5)29(43)41-27(32(2,3)4)31(45)42-11-7-8-23(42)30(44)40-22-14-18-21(15-24(22)47-13-12-46-6)37-16-38-28(18)39-20-10-9-19(34)25(33)26(20)35/h9-10,14-17,23,27,36H,7-8,11-13H2,1-6H3,(H,40,44)(H,41,43)(H,37,38,39)/t17-,23?,27+/m0/s1. The molecule has 1 aliphatic heterocycles. The molecule has 2 heterocycles. The van der Waals surface area contributed by atoms with Crippen molar-refractivity contribution >= 4 is 57.4 Å². The number of rotatable bonds is 12. The lowest BCUT2D eigenvalue weighted by Crippen LogP contribution is -2.59. The summed E-state index contributed by atoms with van der Waals surface area (Å²) in [5.74, 6) is -2.62. The van der Waals surface area contributed by atoms with E-state index in [9.17, 15) is 23.2 Å². The summed E-state index contributed by atoms with van der Waals surface area (Å²) >= 11 is 5.77. The Bertz CT molecular complexity index is 1640. The number of nitrogens with zero attached hydrogens (tertiary/aromatic N) is 3. The number of nitrogens with one attached hydrogen (secondary N) is 4. The summed E-state index contributed by atoms with van der Waals surface area (Å²) < 4.78 is 39.5. The number of halogens is 3. The predicted molar refractivity (Wildman–Crippen MR) is 175 cm³/mol. The van der Waals surface area contributed by atoms with Crippen LogP contribution >= 0.6 is 11.6 Å². The second-order valence-electron chi connectivity index (χ2n) is 12.3. The number of carbonyl (C=O) groups is 3. The van der Waals surface area contributed by atoms with Crippen molar-refractivity contribution in [2.75, 3.05) is 44.5 Å². The maximum absolute atomic E-state index is 14.7. The van der Waals surface area contributed by atoms with E-state index in [1.807, 2.05) is 20.8 Å².